The minimum absolute atomic E-state index is 0.200. The highest BCUT2D eigenvalue weighted by Crippen LogP contribution is 2.21. The second kappa shape index (κ2) is 7.46. The molecular weight excluding hydrogens is 321 g/mol. The number of fused-ring (bicyclic) bond motifs is 1. The van der Waals surface area contributed by atoms with Crippen LogP contribution in [0, 0.1) is 5.82 Å². The predicted octanol–water partition coefficient (Wildman–Crippen LogP) is 3.34. The van der Waals surface area contributed by atoms with Gasteiger partial charge in [-0.1, -0.05) is 32.4 Å². The first-order valence-corrected chi connectivity index (χ1v) is 8.51. The molecule has 0 aliphatic heterocycles. The molecule has 3 aromatic rings. The van der Waals surface area contributed by atoms with Gasteiger partial charge in [-0.05, 0) is 30.0 Å². The van der Waals surface area contributed by atoms with Gasteiger partial charge in [-0.2, -0.15) is 15.1 Å². The van der Waals surface area contributed by atoms with Crippen molar-refractivity contribution in [2.75, 3.05) is 12.3 Å². The highest BCUT2D eigenvalue weighted by Gasteiger charge is 2.13. The van der Waals surface area contributed by atoms with E-state index in [1.807, 2.05) is 13.0 Å². The number of unbranched alkanes of at least 4 members (excludes halogenated alkanes) is 1. The summed E-state index contributed by atoms with van der Waals surface area (Å²) >= 11 is 0. The molecule has 2 aromatic heterocycles. The molecule has 7 heteroatoms. The van der Waals surface area contributed by atoms with Gasteiger partial charge in [0.2, 0.25) is 0 Å². The Morgan fingerprint density at radius 3 is 2.80 bits per heavy atom. The van der Waals surface area contributed by atoms with E-state index in [2.05, 4.69) is 22.0 Å². The average Bonchev–Trinajstić information content (AvgIpc) is 2.99. The Balaban J connectivity index is 1.89. The molecule has 132 valence electrons. The molecule has 2 N–H and O–H groups in total. The number of halogens is 1. The van der Waals surface area contributed by atoms with Gasteiger partial charge in [0, 0.05) is 0 Å². The van der Waals surface area contributed by atoms with Crippen LogP contribution in [-0.2, 0) is 13.0 Å². The summed E-state index contributed by atoms with van der Waals surface area (Å²) in [4.78, 5) is 8.57. The molecule has 0 spiro atoms. The molecule has 0 fully saturated rings. The number of rotatable bonds is 7. The van der Waals surface area contributed by atoms with Gasteiger partial charge in [-0.3, -0.25) is 0 Å². The zero-order valence-electron chi connectivity index (χ0n) is 14.5. The maximum Gasteiger partial charge on any atom is 0.320 e. The lowest BCUT2D eigenvalue weighted by Crippen LogP contribution is -2.07. The first kappa shape index (κ1) is 17.1. The molecule has 0 radical (unpaired) electrons. The van der Waals surface area contributed by atoms with E-state index in [1.54, 1.807) is 16.9 Å². The second-order valence-corrected chi connectivity index (χ2v) is 5.91. The first-order chi connectivity index (χ1) is 12.1. The number of nitrogen functional groups attached to an aromatic ring is 1. The predicted molar refractivity (Wildman–Crippen MR) is 95.0 cm³/mol. The summed E-state index contributed by atoms with van der Waals surface area (Å²) < 4.78 is 21.2. The third-order valence-corrected chi connectivity index (χ3v) is 4.06. The first-order valence-electron chi connectivity index (χ1n) is 8.51. The Morgan fingerprint density at radius 2 is 2.08 bits per heavy atom. The fourth-order valence-corrected chi connectivity index (χ4v) is 2.59. The Morgan fingerprint density at radius 1 is 1.24 bits per heavy atom. The molecule has 6 nitrogen and oxygen atoms in total. The third-order valence-electron chi connectivity index (χ3n) is 4.06. The van der Waals surface area contributed by atoms with Crippen LogP contribution in [0.1, 0.15) is 37.8 Å². The molecule has 0 saturated heterocycles. The Bertz CT molecular complexity index is 877. The van der Waals surface area contributed by atoms with Crippen LogP contribution in [0.3, 0.4) is 0 Å². The van der Waals surface area contributed by atoms with Gasteiger partial charge in [0.15, 0.2) is 5.65 Å². The van der Waals surface area contributed by atoms with E-state index in [-0.39, 0.29) is 11.8 Å². The molecular formula is C18H22FN5O. The molecule has 0 saturated carbocycles. The van der Waals surface area contributed by atoms with E-state index in [1.165, 1.54) is 6.07 Å². The lowest BCUT2D eigenvalue weighted by Gasteiger charge is -2.08. The van der Waals surface area contributed by atoms with Crippen LogP contribution in [0.25, 0.3) is 11.0 Å². The number of hydrogen-bond acceptors (Lipinski definition) is 5. The average molecular weight is 343 g/mol. The van der Waals surface area contributed by atoms with Gasteiger partial charge in [-0.25, -0.2) is 9.07 Å². The van der Waals surface area contributed by atoms with Crippen molar-refractivity contribution in [1.82, 2.24) is 19.7 Å². The van der Waals surface area contributed by atoms with Crippen molar-refractivity contribution in [3.63, 3.8) is 0 Å². The summed E-state index contributed by atoms with van der Waals surface area (Å²) in [7, 11) is 0. The largest absolute Gasteiger partial charge is 0.463 e. The van der Waals surface area contributed by atoms with Crippen LogP contribution in [0.4, 0.5) is 10.2 Å². The van der Waals surface area contributed by atoms with Crippen molar-refractivity contribution in [1.29, 1.82) is 0 Å². The van der Waals surface area contributed by atoms with Crippen LogP contribution >= 0.6 is 0 Å². The fourth-order valence-electron chi connectivity index (χ4n) is 2.59. The van der Waals surface area contributed by atoms with Crippen LogP contribution in [0.2, 0.25) is 0 Å². The number of nitrogens with zero attached hydrogens (tertiary/aromatic N) is 4. The van der Waals surface area contributed by atoms with Gasteiger partial charge >= 0.3 is 6.01 Å². The molecule has 0 aliphatic rings. The van der Waals surface area contributed by atoms with Crippen LogP contribution in [-0.4, -0.2) is 26.4 Å². The van der Waals surface area contributed by atoms with Crippen molar-refractivity contribution in [3.8, 4) is 6.01 Å². The Hall–Kier alpha value is -2.70. The SMILES string of the molecule is CCCCOc1nc(N)c2cnn(Cc3ccc(CC)c(F)c3)c2n1. The Kier molecular flexibility index (Phi) is 5.11. The quantitative estimate of drug-likeness (QED) is 0.666. The highest BCUT2D eigenvalue weighted by molar-refractivity contribution is 5.85. The summed E-state index contributed by atoms with van der Waals surface area (Å²) in [6.45, 7) is 4.95. The summed E-state index contributed by atoms with van der Waals surface area (Å²) in [6.07, 6.45) is 4.23. The van der Waals surface area contributed by atoms with Gasteiger partial charge in [-0.15, -0.1) is 0 Å². The van der Waals surface area contributed by atoms with Gasteiger partial charge in [0.05, 0.1) is 24.7 Å². The van der Waals surface area contributed by atoms with Gasteiger partial charge in [0.25, 0.3) is 0 Å². The number of benzene rings is 1. The molecule has 0 bridgehead atoms. The Labute approximate surface area is 145 Å². The highest BCUT2D eigenvalue weighted by atomic mass is 19.1. The molecule has 25 heavy (non-hydrogen) atoms. The second-order valence-electron chi connectivity index (χ2n) is 5.91. The van der Waals surface area contributed by atoms with E-state index in [4.69, 9.17) is 10.5 Å². The smallest absolute Gasteiger partial charge is 0.320 e. The van der Waals surface area contributed by atoms with Crippen LogP contribution in [0.5, 0.6) is 6.01 Å². The molecule has 3 rings (SSSR count). The number of ether oxygens (including phenoxy) is 1. The number of aromatic nitrogens is 4. The standard InChI is InChI=1S/C18H22FN5O/c1-3-5-8-25-18-22-16(20)14-10-21-24(17(14)23-18)11-12-6-7-13(4-2)15(19)9-12/h6-7,9-10H,3-5,8,11H2,1-2H3,(H2,20,22,23). The van der Waals surface area contributed by atoms with Crippen LogP contribution < -0.4 is 10.5 Å². The molecule has 2 heterocycles. The minimum atomic E-state index is -0.200. The van der Waals surface area contributed by atoms with E-state index >= 15 is 0 Å². The minimum Gasteiger partial charge on any atom is -0.463 e. The molecule has 0 unspecified atom stereocenters. The van der Waals surface area contributed by atoms with E-state index in [9.17, 15) is 4.39 Å². The zero-order valence-corrected chi connectivity index (χ0v) is 14.5. The summed E-state index contributed by atoms with van der Waals surface area (Å²) in [5, 5.41) is 4.98. The maximum absolute atomic E-state index is 14.0. The van der Waals surface area contributed by atoms with Crippen LogP contribution in [0.15, 0.2) is 24.4 Å². The summed E-state index contributed by atoms with van der Waals surface area (Å²) in [5.74, 6) is 0.129. The number of aryl methyl sites for hydroxylation is 1. The normalized spacial score (nSPS) is 11.2. The summed E-state index contributed by atoms with van der Waals surface area (Å²) in [5.41, 5.74) is 8.08. The van der Waals surface area contributed by atoms with Crippen molar-refractivity contribution in [2.45, 2.75) is 39.7 Å². The molecule has 1 aromatic carbocycles. The van der Waals surface area contributed by atoms with E-state index in [0.29, 0.717) is 42.0 Å². The van der Waals surface area contributed by atoms with Crippen molar-refractivity contribution in [2.24, 2.45) is 0 Å². The van der Waals surface area contributed by atoms with Crippen molar-refractivity contribution < 1.29 is 9.13 Å². The zero-order chi connectivity index (χ0) is 17.8. The number of hydrogen-bond donors (Lipinski definition) is 1. The van der Waals surface area contributed by atoms with E-state index < -0.39 is 0 Å². The van der Waals surface area contributed by atoms with E-state index in [0.717, 1.165) is 18.4 Å². The summed E-state index contributed by atoms with van der Waals surface area (Å²) in [6, 6.07) is 5.49. The molecule has 0 amide bonds. The van der Waals surface area contributed by atoms with Crippen molar-refractivity contribution in [3.05, 3.63) is 41.3 Å². The fraction of sp³-hybridized carbons (Fsp3) is 0.389. The van der Waals surface area contributed by atoms with Gasteiger partial charge < -0.3 is 10.5 Å². The third kappa shape index (κ3) is 3.70. The monoisotopic (exact) mass is 343 g/mol. The maximum atomic E-state index is 14.0. The molecule has 0 atom stereocenters. The molecule has 0 aliphatic carbocycles. The number of nitrogens with two attached hydrogens (primary N) is 1. The lowest BCUT2D eigenvalue weighted by molar-refractivity contribution is 0.286. The topological polar surface area (TPSA) is 78.9 Å². The van der Waals surface area contributed by atoms with Gasteiger partial charge in [0.1, 0.15) is 11.6 Å². The van der Waals surface area contributed by atoms with Crippen molar-refractivity contribution >= 4 is 16.9 Å². The number of anilines is 1. The lowest BCUT2D eigenvalue weighted by atomic mass is 10.1.